The number of hydrogen-bond donors (Lipinski definition) is 3. The van der Waals surface area contributed by atoms with Gasteiger partial charge in [0.25, 0.3) is 10.0 Å². The second kappa shape index (κ2) is 6.84. The fraction of sp³-hybridized carbons (Fsp3) is 0.400. The molecule has 6 nitrogen and oxygen atoms in total. The van der Waals surface area contributed by atoms with Gasteiger partial charge in [-0.05, 0) is 6.92 Å². The van der Waals surface area contributed by atoms with Crippen molar-refractivity contribution in [2.24, 2.45) is 5.14 Å². The van der Waals surface area contributed by atoms with Crippen molar-refractivity contribution in [1.29, 1.82) is 0 Å². The van der Waals surface area contributed by atoms with Gasteiger partial charge < -0.3 is 10.1 Å². The Morgan fingerprint density at radius 1 is 1.69 bits per heavy atom. The third-order valence-electron chi connectivity index (χ3n) is 0.743. The summed E-state index contributed by atoms with van der Waals surface area (Å²) in [5.74, 6) is 0. The normalized spacial score (nSPS) is 9.46. The van der Waals surface area contributed by atoms with Gasteiger partial charge in [-0.2, -0.15) is 0 Å². The minimum absolute atomic E-state index is 0. The second-order valence-corrected chi connectivity index (χ2v) is 3.23. The third-order valence-corrected chi connectivity index (χ3v) is 1.50. The number of aromatic amines is 1. The van der Waals surface area contributed by atoms with E-state index in [4.69, 9.17) is 5.11 Å². The van der Waals surface area contributed by atoms with Gasteiger partial charge in [-0.1, -0.05) is 0 Å². The lowest BCUT2D eigenvalue weighted by atomic mass is 10.9. The Labute approximate surface area is 82.6 Å². The van der Waals surface area contributed by atoms with Crippen LogP contribution >= 0.6 is 12.4 Å². The number of aliphatic hydroxyl groups excluding tert-OH is 1. The van der Waals surface area contributed by atoms with Gasteiger partial charge in [0.1, 0.15) is 0 Å². The zero-order valence-corrected chi connectivity index (χ0v) is 8.60. The minimum atomic E-state index is -3.63. The van der Waals surface area contributed by atoms with E-state index >= 15 is 0 Å². The molecule has 0 aliphatic carbocycles. The summed E-state index contributed by atoms with van der Waals surface area (Å²) in [6, 6.07) is 0. The van der Waals surface area contributed by atoms with E-state index < -0.39 is 10.0 Å². The molecule has 0 aliphatic rings. The van der Waals surface area contributed by atoms with Crippen LogP contribution in [0.25, 0.3) is 0 Å². The van der Waals surface area contributed by atoms with Crippen LogP contribution in [-0.2, 0) is 10.0 Å². The summed E-state index contributed by atoms with van der Waals surface area (Å²) >= 11 is 0. The number of H-pyrrole nitrogens is 1. The van der Waals surface area contributed by atoms with E-state index in [9.17, 15) is 8.42 Å². The highest BCUT2D eigenvalue weighted by molar-refractivity contribution is 7.89. The van der Waals surface area contributed by atoms with Crippen LogP contribution in [0.1, 0.15) is 6.92 Å². The topological polar surface area (TPSA) is 109 Å². The summed E-state index contributed by atoms with van der Waals surface area (Å²) in [5.41, 5.74) is 0. The van der Waals surface area contributed by atoms with Crippen molar-refractivity contribution in [1.82, 2.24) is 9.97 Å². The molecule has 8 heteroatoms. The van der Waals surface area contributed by atoms with E-state index in [1.807, 2.05) is 0 Å². The van der Waals surface area contributed by atoms with E-state index in [0.717, 1.165) is 0 Å². The van der Waals surface area contributed by atoms with Gasteiger partial charge >= 0.3 is 0 Å². The molecule has 0 radical (unpaired) electrons. The van der Waals surface area contributed by atoms with E-state index in [2.05, 4.69) is 15.1 Å². The molecule has 0 amide bonds. The first-order valence-electron chi connectivity index (χ1n) is 3.15. The Morgan fingerprint density at radius 3 is 2.31 bits per heavy atom. The van der Waals surface area contributed by atoms with E-state index in [-0.39, 0.29) is 24.2 Å². The highest BCUT2D eigenvalue weighted by Crippen LogP contribution is 1.93. The van der Waals surface area contributed by atoms with Crippen molar-refractivity contribution in [3.05, 3.63) is 12.4 Å². The lowest BCUT2D eigenvalue weighted by Gasteiger charge is -1.86. The van der Waals surface area contributed by atoms with Crippen LogP contribution in [0.15, 0.2) is 17.6 Å². The Balaban J connectivity index is 0. The quantitative estimate of drug-likeness (QED) is 0.602. The lowest BCUT2D eigenvalue weighted by Crippen LogP contribution is -2.13. The molecule has 0 saturated carbocycles. The molecule has 1 heterocycles. The molecule has 0 aliphatic heterocycles. The number of imidazole rings is 1. The molecule has 0 spiro atoms. The summed E-state index contributed by atoms with van der Waals surface area (Å²) in [6.45, 7) is 1.93. The molecule has 1 aromatic rings. The minimum Gasteiger partial charge on any atom is -0.397 e. The standard InChI is InChI=1S/C3H5N3O2S.C2H6O.ClH/c4-9(7,8)3-5-1-2-6-3;1-2-3;/h1-2H,(H,5,6)(H2,4,7,8);3H,2H2,1H3;1H. The SMILES string of the molecule is CCO.Cl.NS(=O)(=O)c1ncc[nH]1. The number of nitrogens with one attached hydrogen (secondary N) is 1. The van der Waals surface area contributed by atoms with Crippen LogP contribution in [0.2, 0.25) is 0 Å². The Kier molecular flexibility index (Phi) is 7.82. The van der Waals surface area contributed by atoms with Crippen LogP contribution in [0.5, 0.6) is 0 Å². The summed E-state index contributed by atoms with van der Waals surface area (Å²) in [5, 5.41) is 12.0. The predicted octanol–water partition coefficient (Wildman–Crippen LogP) is -0.523. The van der Waals surface area contributed by atoms with Crippen molar-refractivity contribution in [3.8, 4) is 0 Å². The number of rotatable bonds is 1. The molecule has 0 saturated heterocycles. The fourth-order valence-electron chi connectivity index (χ4n) is 0.406. The zero-order valence-electron chi connectivity index (χ0n) is 6.97. The average Bonchev–Trinajstić information content (AvgIpc) is 2.36. The van der Waals surface area contributed by atoms with E-state index in [1.165, 1.54) is 12.4 Å². The van der Waals surface area contributed by atoms with Crippen molar-refractivity contribution in [3.63, 3.8) is 0 Å². The number of sulfonamides is 1. The van der Waals surface area contributed by atoms with E-state index in [1.54, 1.807) is 6.92 Å². The van der Waals surface area contributed by atoms with Crippen LogP contribution < -0.4 is 5.14 Å². The van der Waals surface area contributed by atoms with Crippen LogP contribution in [0.4, 0.5) is 0 Å². The molecular formula is C5H12ClN3O3S. The summed E-state index contributed by atoms with van der Waals surface area (Å²) in [6.07, 6.45) is 2.71. The van der Waals surface area contributed by atoms with Gasteiger partial charge in [-0.25, -0.2) is 18.5 Å². The molecule has 1 rings (SSSR count). The monoisotopic (exact) mass is 229 g/mol. The fourth-order valence-corrected chi connectivity index (χ4v) is 0.846. The van der Waals surface area contributed by atoms with E-state index in [0.29, 0.717) is 0 Å². The molecule has 0 unspecified atom stereocenters. The van der Waals surface area contributed by atoms with Gasteiger partial charge in [0.15, 0.2) is 0 Å². The first-order chi connectivity index (χ1) is 5.52. The highest BCUT2D eigenvalue weighted by atomic mass is 35.5. The van der Waals surface area contributed by atoms with Crippen molar-refractivity contribution >= 4 is 22.4 Å². The van der Waals surface area contributed by atoms with Crippen molar-refractivity contribution in [2.45, 2.75) is 12.1 Å². The number of aliphatic hydroxyl groups is 1. The van der Waals surface area contributed by atoms with Crippen LogP contribution in [-0.4, -0.2) is 30.1 Å². The lowest BCUT2D eigenvalue weighted by molar-refractivity contribution is 0.318. The molecule has 0 fully saturated rings. The number of nitrogens with two attached hydrogens (primary N) is 1. The smallest absolute Gasteiger partial charge is 0.271 e. The zero-order chi connectivity index (χ0) is 9.61. The number of nitrogens with zero attached hydrogens (tertiary/aromatic N) is 1. The largest absolute Gasteiger partial charge is 0.397 e. The predicted molar refractivity (Wildman–Crippen MR) is 50.0 cm³/mol. The molecule has 0 bridgehead atoms. The number of primary sulfonamides is 1. The first kappa shape index (κ1) is 14.9. The Bertz CT molecular complexity index is 297. The molecule has 78 valence electrons. The Morgan fingerprint density at radius 2 is 2.15 bits per heavy atom. The third kappa shape index (κ3) is 6.52. The molecule has 0 atom stereocenters. The molecule has 1 aromatic heterocycles. The summed E-state index contributed by atoms with van der Waals surface area (Å²) < 4.78 is 20.8. The molecule has 4 N–H and O–H groups in total. The van der Waals surface area contributed by atoms with Gasteiger partial charge in [0, 0.05) is 19.0 Å². The van der Waals surface area contributed by atoms with Crippen LogP contribution in [0, 0.1) is 0 Å². The summed E-state index contributed by atoms with van der Waals surface area (Å²) in [7, 11) is -3.63. The Hall–Kier alpha value is -0.630. The molecule has 13 heavy (non-hydrogen) atoms. The average molecular weight is 230 g/mol. The van der Waals surface area contributed by atoms with Crippen LogP contribution in [0.3, 0.4) is 0 Å². The number of hydrogen-bond acceptors (Lipinski definition) is 4. The summed E-state index contributed by atoms with van der Waals surface area (Å²) in [4.78, 5) is 5.77. The van der Waals surface area contributed by atoms with Crippen molar-refractivity contribution < 1.29 is 13.5 Å². The van der Waals surface area contributed by atoms with Gasteiger partial charge in [0.05, 0.1) is 0 Å². The molecular weight excluding hydrogens is 218 g/mol. The maximum Gasteiger partial charge on any atom is 0.271 e. The van der Waals surface area contributed by atoms with Gasteiger partial charge in [-0.15, -0.1) is 12.4 Å². The number of aromatic nitrogens is 2. The first-order valence-corrected chi connectivity index (χ1v) is 4.70. The number of halogens is 1. The molecule has 0 aromatic carbocycles. The van der Waals surface area contributed by atoms with Gasteiger partial charge in [0.2, 0.25) is 5.16 Å². The van der Waals surface area contributed by atoms with Gasteiger partial charge in [-0.3, -0.25) is 0 Å². The maximum atomic E-state index is 10.4. The second-order valence-electron chi connectivity index (χ2n) is 1.76. The van der Waals surface area contributed by atoms with Crippen molar-refractivity contribution in [2.75, 3.05) is 6.61 Å². The maximum absolute atomic E-state index is 10.4. The highest BCUT2D eigenvalue weighted by Gasteiger charge is 2.07.